The van der Waals surface area contributed by atoms with E-state index in [9.17, 15) is 4.79 Å². The van der Waals surface area contributed by atoms with E-state index in [4.69, 9.17) is 4.42 Å². The van der Waals surface area contributed by atoms with E-state index in [-0.39, 0.29) is 18.0 Å². The Hall–Kier alpha value is -1.65. The van der Waals surface area contributed by atoms with Gasteiger partial charge in [-0.1, -0.05) is 18.2 Å². The van der Waals surface area contributed by atoms with Crippen LogP contribution in [-0.4, -0.2) is 18.1 Å². The van der Waals surface area contributed by atoms with Crippen LogP contribution in [0.15, 0.2) is 33.5 Å². The Labute approximate surface area is 129 Å². The van der Waals surface area contributed by atoms with Crippen molar-refractivity contribution < 1.29 is 4.42 Å². The third-order valence-electron chi connectivity index (χ3n) is 3.70. The Balaban J connectivity index is 0.00000161. The van der Waals surface area contributed by atoms with Gasteiger partial charge < -0.3 is 9.73 Å². The van der Waals surface area contributed by atoms with Crippen molar-refractivity contribution in [3.05, 3.63) is 46.1 Å². The number of aromatic nitrogens is 1. The molecule has 2 aromatic rings. The molecule has 21 heavy (non-hydrogen) atoms. The smallest absolute Gasteiger partial charge is 0.346 e. The maximum atomic E-state index is 11.7. The quantitative estimate of drug-likeness (QED) is 0.927. The maximum Gasteiger partial charge on any atom is 0.346 e. The monoisotopic (exact) mass is 306 g/mol. The summed E-state index contributed by atoms with van der Waals surface area (Å²) in [5.41, 5.74) is 1.46. The van der Waals surface area contributed by atoms with Crippen LogP contribution in [0.5, 0.6) is 0 Å². The van der Waals surface area contributed by atoms with Crippen molar-refractivity contribution in [2.45, 2.75) is 19.8 Å². The maximum absolute atomic E-state index is 11.7. The van der Waals surface area contributed by atoms with Gasteiger partial charge in [-0.05, 0) is 49.5 Å². The second kappa shape index (κ2) is 6.87. The molecule has 5 heteroatoms. The fraction of sp³-hybridized carbons (Fsp3) is 0.375. The van der Waals surface area contributed by atoms with Crippen molar-refractivity contribution in [3.8, 4) is 0 Å². The second-order valence-corrected chi connectivity index (χ2v) is 5.24. The lowest BCUT2D eigenvalue weighted by Gasteiger charge is -2.19. The number of nitrogens with one attached hydrogen (secondary N) is 1. The first-order valence-electron chi connectivity index (χ1n) is 7.03. The van der Waals surface area contributed by atoms with Gasteiger partial charge in [0.05, 0.1) is 10.9 Å². The minimum atomic E-state index is -0.318. The van der Waals surface area contributed by atoms with E-state index in [1.54, 1.807) is 13.0 Å². The Morgan fingerprint density at radius 1 is 1.33 bits per heavy atom. The van der Waals surface area contributed by atoms with Crippen LogP contribution in [0.2, 0.25) is 0 Å². The van der Waals surface area contributed by atoms with Gasteiger partial charge in [-0.25, -0.2) is 9.78 Å². The highest BCUT2D eigenvalue weighted by atomic mass is 35.5. The van der Waals surface area contributed by atoms with Crippen molar-refractivity contribution >= 4 is 29.4 Å². The van der Waals surface area contributed by atoms with Crippen molar-refractivity contribution in [1.82, 2.24) is 10.3 Å². The second-order valence-electron chi connectivity index (χ2n) is 5.24. The lowest BCUT2D eigenvalue weighted by molar-refractivity contribution is 0.438. The summed E-state index contributed by atoms with van der Waals surface area (Å²) in [5, 5.41) is 3.90. The van der Waals surface area contributed by atoms with Gasteiger partial charge in [0.25, 0.3) is 0 Å². The zero-order valence-electron chi connectivity index (χ0n) is 12.0. The van der Waals surface area contributed by atoms with Gasteiger partial charge >= 0.3 is 5.63 Å². The van der Waals surface area contributed by atoms with Gasteiger partial charge in [0.1, 0.15) is 0 Å². The van der Waals surface area contributed by atoms with Crippen LogP contribution in [0.4, 0.5) is 0 Å². The van der Waals surface area contributed by atoms with Gasteiger partial charge in [0.15, 0.2) is 5.89 Å². The zero-order chi connectivity index (χ0) is 13.9. The largest absolute Gasteiger partial charge is 0.408 e. The molecule has 0 bridgehead atoms. The first-order chi connectivity index (χ1) is 9.72. The van der Waals surface area contributed by atoms with E-state index in [2.05, 4.69) is 22.5 Å². The summed E-state index contributed by atoms with van der Waals surface area (Å²) >= 11 is 0. The molecule has 0 saturated carbocycles. The molecular formula is C16H19ClN2O2. The first-order valence-corrected chi connectivity index (χ1v) is 7.03. The molecule has 0 unspecified atom stereocenters. The third kappa shape index (κ3) is 3.71. The van der Waals surface area contributed by atoms with Gasteiger partial charge in [0.2, 0.25) is 0 Å². The Morgan fingerprint density at radius 3 is 2.86 bits per heavy atom. The molecule has 1 aliphatic heterocycles. The topological polar surface area (TPSA) is 55.1 Å². The Kier molecular flexibility index (Phi) is 5.15. The summed E-state index contributed by atoms with van der Waals surface area (Å²) in [7, 11) is 0. The molecule has 1 saturated heterocycles. The lowest BCUT2D eigenvalue weighted by Crippen LogP contribution is -2.26. The summed E-state index contributed by atoms with van der Waals surface area (Å²) in [6.07, 6.45) is 6.76. The number of hydrogen-bond donors (Lipinski definition) is 1. The van der Waals surface area contributed by atoms with Crippen LogP contribution in [0, 0.1) is 12.8 Å². The van der Waals surface area contributed by atoms with Crippen molar-refractivity contribution in [3.63, 3.8) is 0 Å². The van der Waals surface area contributed by atoms with Crippen LogP contribution in [0.1, 0.15) is 24.3 Å². The van der Waals surface area contributed by atoms with Crippen LogP contribution in [0.3, 0.4) is 0 Å². The molecule has 0 atom stereocenters. The molecular weight excluding hydrogens is 288 g/mol. The molecule has 1 N–H and O–H groups in total. The van der Waals surface area contributed by atoms with E-state index in [1.165, 1.54) is 12.8 Å². The van der Waals surface area contributed by atoms with Crippen LogP contribution >= 0.6 is 12.4 Å². The summed E-state index contributed by atoms with van der Waals surface area (Å²) in [5.74, 6) is 1.05. The van der Waals surface area contributed by atoms with Gasteiger partial charge in [-0.3, -0.25) is 0 Å². The number of hydrogen-bond acceptors (Lipinski definition) is 4. The minimum absolute atomic E-state index is 0. The average Bonchev–Trinajstić information content (AvgIpc) is 2.45. The van der Waals surface area contributed by atoms with Crippen molar-refractivity contribution in [1.29, 1.82) is 0 Å². The Bertz CT molecular complexity index is 703. The number of nitrogens with zero attached hydrogens (tertiary/aromatic N) is 1. The average molecular weight is 307 g/mol. The molecule has 0 aliphatic carbocycles. The number of fused-ring (bicyclic) bond motifs is 1. The van der Waals surface area contributed by atoms with Crippen LogP contribution in [0.25, 0.3) is 17.0 Å². The normalized spacial score (nSPS) is 16.2. The molecule has 0 amide bonds. The third-order valence-corrected chi connectivity index (χ3v) is 3.70. The number of allylic oxidation sites excluding steroid dienone is 1. The molecule has 4 nitrogen and oxygen atoms in total. The molecule has 1 fully saturated rings. The summed E-state index contributed by atoms with van der Waals surface area (Å²) in [6.45, 7) is 3.88. The SMILES string of the molecule is Cc1nc2cc(/C=C/C3CCNCC3)ccc2c(=O)o1.Cl. The standard InChI is InChI=1S/C16H18N2O2.ClH/c1-11-18-15-10-13(4-5-14(15)16(19)20-11)3-2-12-6-8-17-9-7-12;/h2-5,10,12,17H,6-9H2,1H3;1H/b3-2+;. The molecule has 0 spiro atoms. The number of rotatable bonds is 2. The summed E-state index contributed by atoms with van der Waals surface area (Å²) < 4.78 is 4.99. The van der Waals surface area contributed by atoms with E-state index < -0.39 is 0 Å². The van der Waals surface area contributed by atoms with Gasteiger partial charge in [0, 0.05) is 6.92 Å². The number of benzene rings is 1. The van der Waals surface area contributed by atoms with Gasteiger partial charge in [-0.15, -0.1) is 12.4 Å². The highest BCUT2D eigenvalue weighted by molar-refractivity contribution is 5.85. The van der Waals surface area contributed by atoms with Crippen molar-refractivity contribution in [2.24, 2.45) is 5.92 Å². The summed E-state index contributed by atoms with van der Waals surface area (Å²) in [6, 6.07) is 5.67. The van der Waals surface area contributed by atoms with E-state index in [0.29, 0.717) is 22.7 Å². The molecule has 1 aromatic heterocycles. The first kappa shape index (κ1) is 15.7. The molecule has 2 heterocycles. The molecule has 112 valence electrons. The minimum Gasteiger partial charge on any atom is -0.408 e. The Morgan fingerprint density at radius 2 is 2.10 bits per heavy atom. The highest BCUT2D eigenvalue weighted by Crippen LogP contribution is 2.17. The van der Waals surface area contributed by atoms with E-state index >= 15 is 0 Å². The molecule has 3 rings (SSSR count). The number of piperidine rings is 1. The van der Waals surface area contributed by atoms with Gasteiger partial charge in [-0.2, -0.15) is 0 Å². The fourth-order valence-electron chi connectivity index (χ4n) is 2.58. The van der Waals surface area contributed by atoms with Crippen LogP contribution < -0.4 is 10.9 Å². The zero-order valence-corrected chi connectivity index (χ0v) is 12.8. The van der Waals surface area contributed by atoms with Crippen LogP contribution in [-0.2, 0) is 0 Å². The number of aryl methyl sites for hydroxylation is 1. The fourth-order valence-corrected chi connectivity index (χ4v) is 2.58. The molecule has 1 aromatic carbocycles. The molecule has 0 radical (unpaired) electrons. The predicted octanol–water partition coefficient (Wildman–Crippen LogP) is 2.93. The lowest BCUT2D eigenvalue weighted by atomic mass is 9.97. The van der Waals surface area contributed by atoms with E-state index in [1.807, 2.05) is 12.1 Å². The van der Waals surface area contributed by atoms with E-state index in [0.717, 1.165) is 18.7 Å². The highest BCUT2D eigenvalue weighted by Gasteiger charge is 2.09. The summed E-state index contributed by atoms with van der Waals surface area (Å²) in [4.78, 5) is 16.0. The predicted molar refractivity (Wildman–Crippen MR) is 86.9 cm³/mol. The van der Waals surface area contributed by atoms with Crippen molar-refractivity contribution in [2.75, 3.05) is 13.1 Å². The number of halogens is 1. The molecule has 1 aliphatic rings.